The normalized spacial score (nSPS) is 13.0. The second-order valence-corrected chi connectivity index (χ2v) is 18.7. The molecule has 0 spiro atoms. The van der Waals surface area contributed by atoms with E-state index in [9.17, 15) is 16.8 Å². The first-order valence-corrected chi connectivity index (χ1v) is 22.2. The minimum Gasteiger partial charge on any atom is -0.457 e. The fourth-order valence-electron chi connectivity index (χ4n) is 7.72. The van der Waals surface area contributed by atoms with E-state index in [4.69, 9.17) is 32.7 Å². The zero-order valence-corrected chi connectivity index (χ0v) is 34.1. The van der Waals surface area contributed by atoms with E-state index in [0.717, 1.165) is 33.4 Å². The van der Waals surface area contributed by atoms with Gasteiger partial charge in [0.05, 0.1) is 25.0 Å². The van der Waals surface area contributed by atoms with Crippen LogP contribution in [-0.2, 0) is 25.1 Å². The second kappa shape index (κ2) is 15.2. The first kappa shape index (κ1) is 38.4. The van der Waals surface area contributed by atoms with Crippen LogP contribution in [0.1, 0.15) is 22.3 Å². The van der Waals surface area contributed by atoms with Crippen LogP contribution >= 0.6 is 23.2 Å². The van der Waals surface area contributed by atoms with Gasteiger partial charge >= 0.3 is 0 Å². The summed E-state index contributed by atoms with van der Waals surface area (Å²) in [7, 11) is -7.45. The Morgan fingerprint density at radius 2 is 0.610 bits per heavy atom. The van der Waals surface area contributed by atoms with E-state index in [1.54, 1.807) is 48.5 Å². The summed E-state index contributed by atoms with van der Waals surface area (Å²) >= 11 is 11.9. The SMILES string of the molecule is O=S(=O)(c1ccc(Cl)cc1)c1ccc(Oc2ccc(C3(c4ccc(Oc5ccc(S(=O)(=O)c6ccc(Cl)cc6)cc5)cc4)c4ccccc4-c4ccccc43)cc2)cc1. The Kier molecular flexibility index (Phi) is 9.89. The van der Waals surface area contributed by atoms with Crippen LogP contribution in [0.25, 0.3) is 11.1 Å². The Labute approximate surface area is 352 Å². The molecule has 8 aromatic rings. The maximum Gasteiger partial charge on any atom is 0.206 e. The zero-order valence-electron chi connectivity index (χ0n) is 31.0. The summed E-state index contributed by atoms with van der Waals surface area (Å²) in [5, 5.41) is 0.921. The van der Waals surface area contributed by atoms with Gasteiger partial charge in [-0.2, -0.15) is 0 Å². The van der Waals surface area contributed by atoms with Crippen molar-refractivity contribution in [2.45, 2.75) is 25.0 Å². The average molecular weight is 852 g/mol. The van der Waals surface area contributed by atoms with Crippen LogP contribution in [0, 0.1) is 0 Å². The minimum atomic E-state index is -3.72. The molecule has 6 nitrogen and oxygen atoms in total. The highest BCUT2D eigenvalue weighted by Gasteiger charge is 2.45. The van der Waals surface area contributed by atoms with Crippen LogP contribution in [0.3, 0.4) is 0 Å². The lowest BCUT2D eigenvalue weighted by Gasteiger charge is -2.34. The molecule has 0 atom stereocenters. The van der Waals surface area contributed by atoms with Gasteiger partial charge in [0.1, 0.15) is 23.0 Å². The highest BCUT2D eigenvalue weighted by Crippen LogP contribution is 2.56. The lowest BCUT2D eigenvalue weighted by Crippen LogP contribution is -2.28. The van der Waals surface area contributed by atoms with Crippen LogP contribution in [0.4, 0.5) is 0 Å². The first-order valence-electron chi connectivity index (χ1n) is 18.5. The van der Waals surface area contributed by atoms with Crippen LogP contribution < -0.4 is 9.47 Å². The molecule has 0 heterocycles. The van der Waals surface area contributed by atoms with E-state index in [0.29, 0.717) is 33.0 Å². The van der Waals surface area contributed by atoms with E-state index >= 15 is 0 Å². The van der Waals surface area contributed by atoms with Crippen molar-refractivity contribution in [3.63, 3.8) is 0 Å². The average Bonchev–Trinajstić information content (AvgIpc) is 3.56. The minimum absolute atomic E-state index is 0.151. The van der Waals surface area contributed by atoms with Gasteiger partial charge < -0.3 is 9.47 Å². The van der Waals surface area contributed by atoms with E-state index in [1.807, 2.05) is 24.3 Å². The molecule has 59 heavy (non-hydrogen) atoms. The van der Waals surface area contributed by atoms with E-state index < -0.39 is 25.1 Å². The molecule has 0 radical (unpaired) electrons. The van der Waals surface area contributed by atoms with Gasteiger partial charge in [0.2, 0.25) is 19.7 Å². The topological polar surface area (TPSA) is 86.7 Å². The lowest BCUT2D eigenvalue weighted by molar-refractivity contribution is 0.481. The van der Waals surface area contributed by atoms with Crippen LogP contribution in [0.15, 0.2) is 214 Å². The molecule has 1 aliphatic rings. The maximum atomic E-state index is 13.2. The Bertz CT molecular complexity index is 2830. The van der Waals surface area contributed by atoms with Crippen molar-refractivity contribution in [2.24, 2.45) is 0 Å². The van der Waals surface area contributed by atoms with Gasteiger partial charge in [0, 0.05) is 10.0 Å². The van der Waals surface area contributed by atoms with Crippen molar-refractivity contribution >= 4 is 42.9 Å². The Balaban J connectivity index is 1.01. The van der Waals surface area contributed by atoms with Crippen LogP contribution in [-0.4, -0.2) is 16.8 Å². The second-order valence-electron chi connectivity index (χ2n) is 14.0. The monoisotopic (exact) mass is 850 g/mol. The number of halogens is 2. The van der Waals surface area contributed by atoms with Gasteiger partial charge in [0.15, 0.2) is 0 Å². The first-order chi connectivity index (χ1) is 28.5. The molecule has 0 bridgehead atoms. The summed E-state index contributed by atoms with van der Waals surface area (Å²) < 4.78 is 65.2. The molecule has 1 aliphatic carbocycles. The number of fused-ring (bicyclic) bond motifs is 3. The third-order valence-corrected chi connectivity index (χ3v) is 14.6. The van der Waals surface area contributed by atoms with Crippen molar-refractivity contribution < 1.29 is 26.3 Å². The highest BCUT2D eigenvalue weighted by atomic mass is 35.5. The smallest absolute Gasteiger partial charge is 0.206 e. The predicted octanol–water partition coefficient (Wildman–Crippen LogP) is 12.6. The summed E-state index contributed by atoms with van der Waals surface area (Å²) in [5.74, 6) is 2.17. The Morgan fingerprint density at radius 1 is 0.339 bits per heavy atom. The fourth-order valence-corrected chi connectivity index (χ4v) is 10.5. The maximum absolute atomic E-state index is 13.2. The van der Waals surface area contributed by atoms with Gasteiger partial charge in [-0.1, -0.05) is 96.0 Å². The van der Waals surface area contributed by atoms with Gasteiger partial charge in [-0.05, 0) is 155 Å². The van der Waals surface area contributed by atoms with Gasteiger partial charge in [-0.3, -0.25) is 0 Å². The number of benzene rings is 8. The van der Waals surface area contributed by atoms with Crippen molar-refractivity contribution in [3.05, 3.63) is 226 Å². The third kappa shape index (κ3) is 6.98. The van der Waals surface area contributed by atoms with Gasteiger partial charge in [-0.25, -0.2) is 16.8 Å². The highest BCUT2D eigenvalue weighted by molar-refractivity contribution is 7.91. The van der Waals surface area contributed by atoms with Gasteiger partial charge in [-0.15, -0.1) is 0 Å². The molecule has 0 aromatic heterocycles. The molecule has 0 saturated carbocycles. The van der Waals surface area contributed by atoms with E-state index in [2.05, 4.69) is 72.8 Å². The number of rotatable bonds is 10. The standard InChI is InChI=1S/C49H32Cl2O6S2/c50-35-13-25-41(26-14-35)58(52,53)43-29-21-39(22-30-43)56-37-17-9-33(10-18-37)49(47-7-3-1-5-45(47)46-6-2-4-8-48(46)49)34-11-19-38(20-12-34)57-40-23-31-44(32-24-40)59(54,55)42-27-15-36(51)16-28-42/h1-32H. The van der Waals surface area contributed by atoms with Crippen molar-refractivity contribution in [1.82, 2.24) is 0 Å². The Morgan fingerprint density at radius 3 is 0.932 bits per heavy atom. The molecule has 0 aliphatic heterocycles. The molecule has 290 valence electrons. The summed E-state index contributed by atoms with van der Waals surface area (Å²) in [6.45, 7) is 0. The summed E-state index contributed by atoms with van der Waals surface area (Å²) in [4.78, 5) is 0.623. The number of hydrogen-bond donors (Lipinski definition) is 0. The molecule has 9 rings (SSSR count). The van der Waals surface area contributed by atoms with E-state index in [1.165, 1.54) is 48.5 Å². The summed E-state index contributed by atoms with van der Waals surface area (Å²) in [6, 6.07) is 57.7. The zero-order chi connectivity index (χ0) is 40.8. The molecule has 0 N–H and O–H groups in total. The quantitative estimate of drug-likeness (QED) is 0.136. The molecular weight excluding hydrogens is 820 g/mol. The number of sulfone groups is 2. The molecule has 0 unspecified atom stereocenters. The number of hydrogen-bond acceptors (Lipinski definition) is 6. The summed E-state index contributed by atoms with van der Waals surface area (Å²) in [6.07, 6.45) is 0. The Hall–Kier alpha value is -6.16. The molecule has 0 amide bonds. The third-order valence-electron chi connectivity index (χ3n) is 10.5. The van der Waals surface area contributed by atoms with E-state index in [-0.39, 0.29) is 19.6 Å². The predicted molar refractivity (Wildman–Crippen MR) is 231 cm³/mol. The summed E-state index contributed by atoms with van der Waals surface area (Å²) in [5.41, 5.74) is 5.93. The fraction of sp³-hybridized carbons (Fsp3) is 0.0204. The molecule has 0 saturated heterocycles. The number of ether oxygens (including phenoxy) is 2. The molecule has 10 heteroatoms. The van der Waals surface area contributed by atoms with Crippen molar-refractivity contribution in [2.75, 3.05) is 0 Å². The molecule has 0 fully saturated rings. The van der Waals surface area contributed by atoms with Crippen LogP contribution in [0.5, 0.6) is 23.0 Å². The molecule has 8 aromatic carbocycles. The van der Waals surface area contributed by atoms with Crippen molar-refractivity contribution in [1.29, 1.82) is 0 Å². The lowest BCUT2D eigenvalue weighted by atomic mass is 9.68. The van der Waals surface area contributed by atoms with Gasteiger partial charge in [0.25, 0.3) is 0 Å². The molecular formula is C49H32Cl2O6S2. The van der Waals surface area contributed by atoms with Crippen molar-refractivity contribution in [3.8, 4) is 34.1 Å². The largest absolute Gasteiger partial charge is 0.457 e. The van der Waals surface area contributed by atoms with Crippen LogP contribution in [0.2, 0.25) is 10.0 Å².